The summed E-state index contributed by atoms with van der Waals surface area (Å²) in [7, 11) is 1.48. The number of halogens is 1. The van der Waals surface area contributed by atoms with Crippen LogP contribution in [0.1, 0.15) is 27.7 Å². The second kappa shape index (κ2) is 4.24. The standard InChI is InChI=1S/C10H15BFO2S/c1-9(2,13)10(3,4)14-11-7-5-6-8(12)15-7/h5-6,13H,1-4H3. The van der Waals surface area contributed by atoms with E-state index in [-0.39, 0.29) is 5.13 Å². The molecule has 0 unspecified atom stereocenters. The first-order chi connectivity index (χ1) is 6.72. The monoisotopic (exact) mass is 229 g/mol. The van der Waals surface area contributed by atoms with E-state index in [1.807, 2.05) is 0 Å². The molecule has 83 valence electrons. The van der Waals surface area contributed by atoms with Crippen LogP contribution in [0.3, 0.4) is 0 Å². The minimum Gasteiger partial charge on any atom is -0.426 e. The van der Waals surface area contributed by atoms with Crippen molar-refractivity contribution in [3.8, 4) is 0 Å². The highest BCUT2D eigenvalue weighted by Crippen LogP contribution is 2.24. The fraction of sp³-hybridized carbons (Fsp3) is 0.600. The van der Waals surface area contributed by atoms with Crippen molar-refractivity contribution in [1.29, 1.82) is 0 Å². The summed E-state index contributed by atoms with van der Waals surface area (Å²) in [6, 6.07) is 3.03. The van der Waals surface area contributed by atoms with E-state index in [0.717, 1.165) is 11.3 Å². The minimum absolute atomic E-state index is 0.245. The summed E-state index contributed by atoms with van der Waals surface area (Å²) in [4.78, 5) is 0. The van der Waals surface area contributed by atoms with Gasteiger partial charge >= 0.3 is 7.48 Å². The predicted molar refractivity (Wildman–Crippen MR) is 61.1 cm³/mol. The Labute approximate surface area is 94.4 Å². The molecule has 1 rings (SSSR count). The molecule has 0 aliphatic carbocycles. The van der Waals surface area contributed by atoms with Gasteiger partial charge in [0.05, 0.1) is 11.2 Å². The quantitative estimate of drug-likeness (QED) is 0.796. The first-order valence-corrected chi connectivity index (χ1v) is 5.53. The molecule has 0 aliphatic rings. The van der Waals surface area contributed by atoms with Crippen LogP contribution in [0.15, 0.2) is 12.1 Å². The number of rotatable bonds is 4. The van der Waals surface area contributed by atoms with Crippen molar-refractivity contribution < 1.29 is 14.2 Å². The molecule has 0 aliphatic heterocycles. The van der Waals surface area contributed by atoms with Gasteiger partial charge in [-0.3, -0.25) is 0 Å². The molecule has 0 fully saturated rings. The maximum Gasteiger partial charge on any atom is 0.341 e. The SMILES string of the molecule is CC(C)(O)C(C)(C)O[B]c1ccc(F)s1. The Morgan fingerprint density at radius 3 is 2.33 bits per heavy atom. The van der Waals surface area contributed by atoms with Gasteiger partial charge < -0.3 is 9.76 Å². The zero-order valence-corrected chi connectivity index (χ0v) is 10.2. The van der Waals surface area contributed by atoms with Crippen LogP contribution in [0.5, 0.6) is 0 Å². The molecule has 0 amide bonds. The highest BCUT2D eigenvalue weighted by Gasteiger charge is 2.35. The van der Waals surface area contributed by atoms with E-state index < -0.39 is 11.2 Å². The third-order valence-electron chi connectivity index (χ3n) is 2.54. The molecule has 1 aromatic heterocycles. The fourth-order valence-corrected chi connectivity index (χ4v) is 1.33. The lowest BCUT2D eigenvalue weighted by molar-refractivity contribution is -0.0892. The van der Waals surface area contributed by atoms with E-state index in [1.54, 1.807) is 33.8 Å². The van der Waals surface area contributed by atoms with Crippen LogP contribution in [0.2, 0.25) is 0 Å². The van der Waals surface area contributed by atoms with E-state index in [4.69, 9.17) is 4.65 Å². The molecule has 0 saturated heterocycles. The van der Waals surface area contributed by atoms with Gasteiger partial charge in [0.2, 0.25) is 0 Å². The molecule has 1 radical (unpaired) electrons. The van der Waals surface area contributed by atoms with Crippen LogP contribution < -0.4 is 4.78 Å². The lowest BCUT2D eigenvalue weighted by Gasteiger charge is -2.37. The van der Waals surface area contributed by atoms with Crippen molar-refractivity contribution in [2.75, 3.05) is 0 Å². The van der Waals surface area contributed by atoms with E-state index in [1.165, 1.54) is 13.5 Å². The molecule has 0 aromatic carbocycles. The van der Waals surface area contributed by atoms with Gasteiger partial charge in [-0.25, -0.2) is 0 Å². The predicted octanol–water partition coefficient (Wildman–Crippen LogP) is 1.70. The summed E-state index contributed by atoms with van der Waals surface area (Å²) < 4.78 is 18.8. The van der Waals surface area contributed by atoms with Gasteiger partial charge in [-0.05, 0) is 33.8 Å². The molecule has 5 heteroatoms. The van der Waals surface area contributed by atoms with Crippen molar-refractivity contribution in [3.63, 3.8) is 0 Å². The van der Waals surface area contributed by atoms with Crippen LogP contribution in [0, 0.1) is 5.13 Å². The Kier molecular flexibility index (Phi) is 3.58. The second-order valence-corrected chi connectivity index (χ2v) is 5.51. The van der Waals surface area contributed by atoms with Crippen LogP contribution >= 0.6 is 11.3 Å². The van der Waals surface area contributed by atoms with Crippen molar-refractivity contribution >= 4 is 23.6 Å². The largest absolute Gasteiger partial charge is 0.426 e. The van der Waals surface area contributed by atoms with Gasteiger partial charge in [0.15, 0.2) is 5.13 Å². The first-order valence-electron chi connectivity index (χ1n) is 4.71. The molecule has 1 heterocycles. The number of hydrogen-bond acceptors (Lipinski definition) is 3. The maximum atomic E-state index is 12.7. The molecule has 0 saturated carbocycles. The maximum absolute atomic E-state index is 12.7. The zero-order valence-electron chi connectivity index (χ0n) is 9.37. The van der Waals surface area contributed by atoms with E-state index in [0.29, 0.717) is 4.78 Å². The highest BCUT2D eigenvalue weighted by atomic mass is 32.1. The minimum atomic E-state index is -0.959. The van der Waals surface area contributed by atoms with Gasteiger partial charge in [-0.2, -0.15) is 4.39 Å². The molecule has 0 bridgehead atoms. The molecule has 1 N–H and O–H groups in total. The Morgan fingerprint density at radius 2 is 1.93 bits per heavy atom. The average Bonchev–Trinajstić information content (AvgIpc) is 2.46. The topological polar surface area (TPSA) is 29.5 Å². The summed E-state index contributed by atoms with van der Waals surface area (Å²) in [5.74, 6) is 0. The molecule has 2 nitrogen and oxygen atoms in total. The fourth-order valence-electron chi connectivity index (χ4n) is 0.741. The summed E-state index contributed by atoms with van der Waals surface area (Å²) in [5.41, 5.74) is -1.67. The number of hydrogen-bond donors (Lipinski definition) is 1. The van der Waals surface area contributed by atoms with Crippen LogP contribution in [-0.4, -0.2) is 23.8 Å². The second-order valence-electron chi connectivity index (χ2n) is 4.45. The summed E-state index contributed by atoms with van der Waals surface area (Å²) in [6.07, 6.45) is 0. The van der Waals surface area contributed by atoms with Crippen LogP contribution in [0.4, 0.5) is 4.39 Å². The average molecular weight is 229 g/mol. The van der Waals surface area contributed by atoms with Crippen LogP contribution in [-0.2, 0) is 4.65 Å². The van der Waals surface area contributed by atoms with Crippen molar-refractivity contribution in [1.82, 2.24) is 0 Å². The highest BCUT2D eigenvalue weighted by molar-refractivity contribution is 7.19. The zero-order chi connectivity index (χ0) is 11.7. The molecule has 1 aromatic rings. The Balaban J connectivity index is 2.57. The Morgan fingerprint density at radius 1 is 1.33 bits per heavy atom. The Hall–Kier alpha value is -0.385. The molecule has 0 spiro atoms. The van der Waals surface area contributed by atoms with E-state index in [9.17, 15) is 9.50 Å². The molecule has 15 heavy (non-hydrogen) atoms. The van der Waals surface area contributed by atoms with Gasteiger partial charge in [0.1, 0.15) is 0 Å². The van der Waals surface area contributed by atoms with Crippen molar-refractivity contribution in [2.24, 2.45) is 0 Å². The molecule has 0 atom stereocenters. The summed E-state index contributed by atoms with van der Waals surface area (Å²) in [6.45, 7) is 6.92. The smallest absolute Gasteiger partial charge is 0.341 e. The first kappa shape index (κ1) is 12.7. The molecular weight excluding hydrogens is 214 g/mol. The third kappa shape index (κ3) is 3.29. The van der Waals surface area contributed by atoms with Gasteiger partial charge in [-0.1, -0.05) is 6.07 Å². The van der Waals surface area contributed by atoms with E-state index in [2.05, 4.69) is 0 Å². The van der Waals surface area contributed by atoms with Crippen molar-refractivity contribution in [3.05, 3.63) is 17.3 Å². The molecular formula is C10H15BFO2S. The van der Waals surface area contributed by atoms with Crippen molar-refractivity contribution in [2.45, 2.75) is 38.9 Å². The van der Waals surface area contributed by atoms with Gasteiger partial charge in [0.25, 0.3) is 0 Å². The number of thiophene rings is 1. The normalized spacial score (nSPS) is 12.9. The number of aliphatic hydroxyl groups is 1. The van der Waals surface area contributed by atoms with Gasteiger partial charge in [0, 0.05) is 4.78 Å². The summed E-state index contributed by atoms with van der Waals surface area (Å²) >= 11 is 1.01. The lowest BCUT2D eigenvalue weighted by atomic mass is 9.86. The van der Waals surface area contributed by atoms with Gasteiger partial charge in [-0.15, -0.1) is 11.3 Å². The van der Waals surface area contributed by atoms with Crippen LogP contribution in [0.25, 0.3) is 0 Å². The lowest BCUT2D eigenvalue weighted by Crippen LogP contribution is -2.49. The Bertz CT molecular complexity index is 330. The third-order valence-corrected chi connectivity index (χ3v) is 3.34. The summed E-state index contributed by atoms with van der Waals surface area (Å²) in [5, 5.41) is 9.57. The van der Waals surface area contributed by atoms with E-state index >= 15 is 0 Å².